The molecule has 0 bridgehead atoms. The molecule has 162 valence electrons. The van der Waals surface area contributed by atoms with Crippen LogP contribution in [0.2, 0.25) is 10.0 Å². The summed E-state index contributed by atoms with van der Waals surface area (Å²) in [6, 6.07) is 10.2. The number of ether oxygens (including phenoxy) is 1. The highest BCUT2D eigenvalue weighted by atomic mass is 35.5. The van der Waals surface area contributed by atoms with Crippen LogP contribution in [0.1, 0.15) is 32.3 Å². The molecule has 0 heterocycles. The summed E-state index contributed by atoms with van der Waals surface area (Å²) in [6.07, 6.45) is 1.18. The van der Waals surface area contributed by atoms with E-state index in [0.717, 1.165) is 6.42 Å². The molecule has 0 fully saturated rings. The molecule has 0 aliphatic rings. The maximum absolute atomic E-state index is 13.8. The molecule has 0 aliphatic carbocycles. The lowest BCUT2D eigenvalue weighted by molar-refractivity contribution is -0.143. The summed E-state index contributed by atoms with van der Waals surface area (Å²) in [6.45, 7) is 4.01. The highest BCUT2D eigenvalue weighted by Gasteiger charge is 2.29. The first-order chi connectivity index (χ1) is 14.4. The Morgan fingerprint density at radius 2 is 1.87 bits per heavy atom. The van der Waals surface area contributed by atoms with Crippen LogP contribution < -0.4 is 10.1 Å². The minimum atomic E-state index is -0.706. The average Bonchev–Trinajstić information content (AvgIpc) is 2.73. The number of carbonyl (C=O) groups excluding carboxylic acids is 2. The van der Waals surface area contributed by atoms with Gasteiger partial charge >= 0.3 is 0 Å². The standard InChI is InChI=1S/C22H25Cl2FN2O3/c1-3-11-26-22(29)19(4-2)27(13-15-9-10-16(23)17(24)12-15)21(28)14-30-20-8-6-5-7-18(20)25/h5-10,12,19H,3-4,11,13-14H2,1-2H3,(H,26,29)/t19-/m0/s1. The van der Waals surface area contributed by atoms with Crippen molar-refractivity contribution in [2.45, 2.75) is 39.3 Å². The zero-order chi connectivity index (χ0) is 22.1. The first-order valence-corrected chi connectivity index (χ1v) is 10.5. The second kappa shape index (κ2) is 11.8. The molecule has 1 N–H and O–H groups in total. The summed E-state index contributed by atoms with van der Waals surface area (Å²) in [5.74, 6) is -1.28. The van der Waals surface area contributed by atoms with Gasteiger partial charge in [-0.1, -0.05) is 55.2 Å². The Labute approximate surface area is 186 Å². The van der Waals surface area contributed by atoms with E-state index in [1.165, 1.54) is 23.1 Å². The molecule has 2 amide bonds. The number of hydrogen-bond acceptors (Lipinski definition) is 3. The van der Waals surface area contributed by atoms with Crippen LogP contribution in [-0.4, -0.2) is 35.9 Å². The lowest BCUT2D eigenvalue weighted by Crippen LogP contribution is -2.50. The maximum atomic E-state index is 13.8. The predicted molar refractivity (Wildman–Crippen MR) is 116 cm³/mol. The van der Waals surface area contributed by atoms with Crippen LogP contribution in [0, 0.1) is 5.82 Å². The first kappa shape index (κ1) is 24.0. The second-order valence-corrected chi connectivity index (χ2v) is 7.52. The molecule has 5 nitrogen and oxygen atoms in total. The molecule has 0 spiro atoms. The van der Waals surface area contributed by atoms with Crippen molar-refractivity contribution in [3.05, 3.63) is 63.9 Å². The summed E-state index contributed by atoms with van der Waals surface area (Å²) >= 11 is 12.1. The number of carbonyl (C=O) groups is 2. The number of nitrogens with one attached hydrogen (secondary N) is 1. The quantitative estimate of drug-likeness (QED) is 0.558. The molecule has 0 saturated heterocycles. The Hall–Kier alpha value is -2.31. The number of nitrogens with zero attached hydrogens (tertiary/aromatic N) is 1. The van der Waals surface area contributed by atoms with E-state index in [0.29, 0.717) is 28.6 Å². The van der Waals surface area contributed by atoms with Crippen molar-refractivity contribution in [1.82, 2.24) is 10.2 Å². The largest absolute Gasteiger partial charge is 0.481 e. The van der Waals surface area contributed by atoms with Gasteiger partial charge in [0.1, 0.15) is 6.04 Å². The number of amides is 2. The van der Waals surface area contributed by atoms with Gasteiger partial charge in [-0.05, 0) is 42.7 Å². The molecule has 2 aromatic rings. The van der Waals surface area contributed by atoms with Crippen molar-refractivity contribution < 1.29 is 18.7 Å². The fraction of sp³-hybridized carbons (Fsp3) is 0.364. The number of benzene rings is 2. The smallest absolute Gasteiger partial charge is 0.261 e. The van der Waals surface area contributed by atoms with Gasteiger partial charge in [0.25, 0.3) is 5.91 Å². The Morgan fingerprint density at radius 3 is 2.50 bits per heavy atom. The molecular formula is C22H25Cl2FN2O3. The van der Waals surface area contributed by atoms with Crippen LogP contribution in [0.3, 0.4) is 0 Å². The molecule has 30 heavy (non-hydrogen) atoms. The van der Waals surface area contributed by atoms with E-state index in [9.17, 15) is 14.0 Å². The van der Waals surface area contributed by atoms with E-state index in [1.54, 1.807) is 24.3 Å². The topological polar surface area (TPSA) is 58.6 Å². The predicted octanol–water partition coefficient (Wildman–Crippen LogP) is 4.84. The van der Waals surface area contributed by atoms with E-state index in [2.05, 4.69) is 5.32 Å². The molecule has 8 heteroatoms. The summed E-state index contributed by atoms with van der Waals surface area (Å²) in [5.41, 5.74) is 0.713. The van der Waals surface area contributed by atoms with E-state index in [1.807, 2.05) is 13.8 Å². The van der Waals surface area contributed by atoms with Crippen molar-refractivity contribution in [1.29, 1.82) is 0 Å². The molecule has 0 aliphatic heterocycles. The number of halogens is 3. The fourth-order valence-electron chi connectivity index (χ4n) is 2.90. The van der Waals surface area contributed by atoms with E-state index < -0.39 is 24.4 Å². The summed E-state index contributed by atoms with van der Waals surface area (Å²) in [4.78, 5) is 27.1. The zero-order valence-corrected chi connectivity index (χ0v) is 18.5. The van der Waals surface area contributed by atoms with Crippen LogP contribution in [0.15, 0.2) is 42.5 Å². The number of para-hydroxylation sites is 1. The molecule has 0 aromatic heterocycles. The van der Waals surface area contributed by atoms with Gasteiger partial charge in [0, 0.05) is 13.1 Å². The Morgan fingerprint density at radius 1 is 1.13 bits per heavy atom. The first-order valence-electron chi connectivity index (χ1n) is 9.75. The third-order valence-corrected chi connectivity index (χ3v) is 5.20. The van der Waals surface area contributed by atoms with Gasteiger partial charge in [-0.2, -0.15) is 0 Å². The fourth-order valence-corrected chi connectivity index (χ4v) is 3.23. The SMILES string of the molecule is CCCNC(=O)[C@H](CC)N(Cc1ccc(Cl)c(Cl)c1)C(=O)COc1ccccc1F. The van der Waals surface area contributed by atoms with Gasteiger partial charge < -0.3 is 15.0 Å². The van der Waals surface area contributed by atoms with E-state index >= 15 is 0 Å². The second-order valence-electron chi connectivity index (χ2n) is 6.70. The Balaban J connectivity index is 2.23. The molecule has 2 rings (SSSR count). The minimum absolute atomic E-state index is 0.0242. The van der Waals surface area contributed by atoms with Crippen LogP contribution in [0.25, 0.3) is 0 Å². The number of rotatable bonds is 10. The van der Waals surface area contributed by atoms with Gasteiger partial charge in [-0.25, -0.2) is 4.39 Å². The van der Waals surface area contributed by atoms with E-state index in [-0.39, 0.29) is 18.2 Å². The lowest BCUT2D eigenvalue weighted by atomic mass is 10.1. The van der Waals surface area contributed by atoms with Crippen molar-refractivity contribution in [3.8, 4) is 5.75 Å². The summed E-state index contributed by atoms with van der Waals surface area (Å²) in [7, 11) is 0. The lowest BCUT2D eigenvalue weighted by Gasteiger charge is -2.30. The van der Waals surface area contributed by atoms with Crippen LogP contribution in [-0.2, 0) is 16.1 Å². The van der Waals surface area contributed by atoms with Crippen LogP contribution in [0.5, 0.6) is 5.75 Å². The van der Waals surface area contributed by atoms with Crippen molar-refractivity contribution in [3.63, 3.8) is 0 Å². The molecular weight excluding hydrogens is 430 g/mol. The molecule has 0 unspecified atom stereocenters. The Kier molecular flexibility index (Phi) is 9.40. The Bertz CT molecular complexity index is 879. The summed E-state index contributed by atoms with van der Waals surface area (Å²) in [5, 5.41) is 3.58. The minimum Gasteiger partial charge on any atom is -0.481 e. The average molecular weight is 455 g/mol. The van der Waals surface area contributed by atoms with Gasteiger partial charge in [0.15, 0.2) is 18.2 Å². The highest BCUT2D eigenvalue weighted by Crippen LogP contribution is 2.24. The third kappa shape index (κ3) is 6.61. The maximum Gasteiger partial charge on any atom is 0.261 e. The van der Waals surface area contributed by atoms with Crippen LogP contribution in [0.4, 0.5) is 4.39 Å². The highest BCUT2D eigenvalue weighted by molar-refractivity contribution is 6.42. The van der Waals surface area contributed by atoms with Crippen molar-refractivity contribution >= 4 is 35.0 Å². The summed E-state index contributed by atoms with van der Waals surface area (Å²) < 4.78 is 19.2. The van der Waals surface area contributed by atoms with Crippen LogP contribution >= 0.6 is 23.2 Å². The van der Waals surface area contributed by atoms with Gasteiger partial charge in [-0.15, -0.1) is 0 Å². The van der Waals surface area contributed by atoms with Gasteiger partial charge in [-0.3, -0.25) is 9.59 Å². The van der Waals surface area contributed by atoms with Gasteiger partial charge in [0.05, 0.1) is 10.0 Å². The van der Waals surface area contributed by atoms with Gasteiger partial charge in [0.2, 0.25) is 5.91 Å². The molecule has 0 saturated carbocycles. The molecule has 2 aromatic carbocycles. The van der Waals surface area contributed by atoms with Crippen molar-refractivity contribution in [2.24, 2.45) is 0 Å². The monoisotopic (exact) mass is 454 g/mol. The zero-order valence-electron chi connectivity index (χ0n) is 17.0. The van der Waals surface area contributed by atoms with Crippen molar-refractivity contribution in [2.75, 3.05) is 13.2 Å². The number of hydrogen-bond donors (Lipinski definition) is 1. The normalized spacial score (nSPS) is 11.6. The molecule has 1 atom stereocenters. The third-order valence-electron chi connectivity index (χ3n) is 4.46. The van der Waals surface area contributed by atoms with E-state index in [4.69, 9.17) is 27.9 Å². The molecule has 0 radical (unpaired) electrons.